The lowest BCUT2D eigenvalue weighted by molar-refractivity contribution is -0.275. The van der Waals surface area contributed by atoms with E-state index in [-0.39, 0.29) is 10.0 Å². The lowest BCUT2D eigenvalue weighted by Crippen LogP contribution is -2.18. The fourth-order valence-corrected chi connectivity index (χ4v) is 1.79. The standard InChI is InChI=1S/C9H5BrF6O/c1-4-2-6(10)5(8(11,12)13)3-7(4)17-9(14,15)16/h2-3H,1H3. The van der Waals surface area contributed by atoms with Crippen LogP contribution < -0.4 is 4.74 Å². The lowest BCUT2D eigenvalue weighted by Gasteiger charge is -2.15. The highest BCUT2D eigenvalue weighted by Gasteiger charge is 2.36. The third-order valence-electron chi connectivity index (χ3n) is 1.80. The first-order chi connectivity index (χ1) is 7.50. The Morgan fingerprint density at radius 1 is 1.06 bits per heavy atom. The average Bonchev–Trinajstić information content (AvgIpc) is 2.05. The van der Waals surface area contributed by atoms with Crippen molar-refractivity contribution in [2.24, 2.45) is 0 Å². The van der Waals surface area contributed by atoms with Gasteiger partial charge in [0.2, 0.25) is 0 Å². The van der Waals surface area contributed by atoms with Crippen LogP contribution in [0.25, 0.3) is 0 Å². The Balaban J connectivity index is 3.25. The molecule has 0 radical (unpaired) electrons. The lowest BCUT2D eigenvalue weighted by atomic mass is 10.1. The molecule has 0 bridgehead atoms. The molecule has 96 valence electrons. The molecule has 1 rings (SSSR count). The highest BCUT2D eigenvalue weighted by Crippen LogP contribution is 2.39. The predicted octanol–water partition coefficient (Wildman–Crippen LogP) is 4.67. The fraction of sp³-hybridized carbons (Fsp3) is 0.333. The Bertz CT molecular complexity index is 423. The zero-order valence-electron chi connectivity index (χ0n) is 8.21. The van der Waals surface area contributed by atoms with Gasteiger partial charge in [0, 0.05) is 4.47 Å². The minimum Gasteiger partial charge on any atom is -0.405 e. The number of hydrogen-bond donors (Lipinski definition) is 0. The summed E-state index contributed by atoms with van der Waals surface area (Å²) in [6, 6.07) is 1.23. The first kappa shape index (κ1) is 14.1. The molecule has 1 nitrogen and oxygen atoms in total. The van der Waals surface area contributed by atoms with E-state index in [4.69, 9.17) is 0 Å². The maximum Gasteiger partial charge on any atom is 0.573 e. The third kappa shape index (κ3) is 3.79. The van der Waals surface area contributed by atoms with E-state index < -0.39 is 23.9 Å². The van der Waals surface area contributed by atoms with Crippen molar-refractivity contribution >= 4 is 15.9 Å². The molecule has 17 heavy (non-hydrogen) atoms. The molecule has 0 fully saturated rings. The van der Waals surface area contributed by atoms with E-state index in [1.54, 1.807) is 0 Å². The van der Waals surface area contributed by atoms with Crippen LogP contribution >= 0.6 is 15.9 Å². The van der Waals surface area contributed by atoms with Crippen LogP contribution in [-0.2, 0) is 6.18 Å². The Labute approximate surface area is 101 Å². The SMILES string of the molecule is Cc1cc(Br)c(C(F)(F)F)cc1OC(F)(F)F. The molecule has 0 saturated carbocycles. The van der Waals surface area contributed by atoms with Gasteiger partial charge in [-0.25, -0.2) is 0 Å². The smallest absolute Gasteiger partial charge is 0.405 e. The predicted molar refractivity (Wildman–Crippen MR) is 50.6 cm³/mol. The molecule has 1 aromatic rings. The molecule has 0 aliphatic heterocycles. The molecule has 0 aliphatic carbocycles. The zero-order chi connectivity index (χ0) is 13.4. The molecule has 0 aliphatic rings. The van der Waals surface area contributed by atoms with Crippen LogP contribution in [0.5, 0.6) is 5.75 Å². The number of ether oxygens (including phenoxy) is 1. The molecule has 0 spiro atoms. The molecule has 0 atom stereocenters. The number of halogens is 7. The molecule has 0 saturated heterocycles. The van der Waals surface area contributed by atoms with Crippen LogP contribution in [0.15, 0.2) is 16.6 Å². The number of alkyl halides is 6. The summed E-state index contributed by atoms with van der Waals surface area (Å²) in [6.07, 6.45) is -9.78. The van der Waals surface area contributed by atoms with Gasteiger partial charge in [-0.05, 0) is 24.6 Å². The second-order valence-corrected chi connectivity index (χ2v) is 4.00. The second kappa shape index (κ2) is 4.40. The summed E-state index contributed by atoms with van der Waals surface area (Å²) in [5.41, 5.74) is -1.27. The molecule has 0 N–H and O–H groups in total. The van der Waals surface area contributed by atoms with Gasteiger partial charge in [-0.2, -0.15) is 13.2 Å². The van der Waals surface area contributed by atoms with Crippen LogP contribution in [0, 0.1) is 6.92 Å². The molecule has 1 aromatic carbocycles. The van der Waals surface area contributed by atoms with Crippen molar-refractivity contribution in [3.8, 4) is 5.75 Å². The largest absolute Gasteiger partial charge is 0.573 e. The van der Waals surface area contributed by atoms with Crippen LogP contribution in [0.4, 0.5) is 26.3 Å². The van der Waals surface area contributed by atoms with E-state index in [1.165, 1.54) is 6.92 Å². The van der Waals surface area contributed by atoms with Gasteiger partial charge in [-0.1, -0.05) is 15.9 Å². The summed E-state index contributed by atoms with van der Waals surface area (Å²) in [4.78, 5) is 0. The monoisotopic (exact) mass is 322 g/mol. The highest BCUT2D eigenvalue weighted by molar-refractivity contribution is 9.10. The average molecular weight is 323 g/mol. The van der Waals surface area contributed by atoms with Crippen LogP contribution in [0.2, 0.25) is 0 Å². The topological polar surface area (TPSA) is 9.23 Å². The van der Waals surface area contributed by atoms with Crippen molar-refractivity contribution in [1.82, 2.24) is 0 Å². The Morgan fingerprint density at radius 3 is 2.00 bits per heavy atom. The van der Waals surface area contributed by atoms with Crippen LogP contribution in [0.1, 0.15) is 11.1 Å². The number of rotatable bonds is 1. The van der Waals surface area contributed by atoms with Gasteiger partial charge in [0.1, 0.15) is 5.75 Å². The van der Waals surface area contributed by atoms with Gasteiger partial charge >= 0.3 is 12.5 Å². The molecule has 0 heterocycles. The van der Waals surface area contributed by atoms with Gasteiger partial charge in [-0.15, -0.1) is 13.2 Å². The van der Waals surface area contributed by atoms with Crippen LogP contribution in [0.3, 0.4) is 0 Å². The number of aryl methyl sites for hydroxylation is 1. The quantitative estimate of drug-likeness (QED) is 0.682. The molecular weight excluding hydrogens is 318 g/mol. The van der Waals surface area contributed by atoms with Crippen molar-refractivity contribution < 1.29 is 31.1 Å². The van der Waals surface area contributed by atoms with Gasteiger partial charge in [0.15, 0.2) is 0 Å². The molecular formula is C9H5BrF6O. The van der Waals surface area contributed by atoms with E-state index in [0.717, 1.165) is 6.07 Å². The van der Waals surface area contributed by atoms with Crippen molar-refractivity contribution in [3.05, 3.63) is 27.7 Å². The first-order valence-corrected chi connectivity index (χ1v) is 4.93. The molecule has 0 amide bonds. The highest BCUT2D eigenvalue weighted by atomic mass is 79.9. The molecule has 0 unspecified atom stereocenters. The summed E-state index contributed by atoms with van der Waals surface area (Å²) in [5.74, 6) is -0.868. The van der Waals surface area contributed by atoms with E-state index in [0.29, 0.717) is 6.07 Å². The Morgan fingerprint density at radius 2 is 1.59 bits per heavy atom. The maximum absolute atomic E-state index is 12.4. The van der Waals surface area contributed by atoms with Gasteiger partial charge in [0.25, 0.3) is 0 Å². The summed E-state index contributed by atoms with van der Waals surface area (Å²) in [6.45, 7) is 1.21. The number of benzene rings is 1. The van der Waals surface area contributed by atoms with Crippen LogP contribution in [-0.4, -0.2) is 6.36 Å². The minimum atomic E-state index is -5.03. The van der Waals surface area contributed by atoms with E-state index in [2.05, 4.69) is 20.7 Å². The fourth-order valence-electron chi connectivity index (χ4n) is 1.10. The van der Waals surface area contributed by atoms with Gasteiger partial charge in [0.05, 0.1) is 5.56 Å². The first-order valence-electron chi connectivity index (χ1n) is 4.14. The molecule has 0 aromatic heterocycles. The molecule has 8 heteroatoms. The summed E-state index contributed by atoms with van der Waals surface area (Å²) in [7, 11) is 0. The third-order valence-corrected chi connectivity index (χ3v) is 2.45. The normalized spacial score (nSPS) is 12.7. The summed E-state index contributed by atoms with van der Waals surface area (Å²) >= 11 is 2.64. The second-order valence-electron chi connectivity index (χ2n) is 3.14. The van der Waals surface area contributed by atoms with Crippen molar-refractivity contribution in [3.63, 3.8) is 0 Å². The van der Waals surface area contributed by atoms with E-state index in [9.17, 15) is 26.3 Å². The van der Waals surface area contributed by atoms with E-state index >= 15 is 0 Å². The van der Waals surface area contributed by atoms with Crippen molar-refractivity contribution in [2.75, 3.05) is 0 Å². The summed E-state index contributed by atoms with van der Waals surface area (Å²) in [5, 5.41) is 0. The minimum absolute atomic E-state index is 0.0535. The Hall–Kier alpha value is -0.920. The van der Waals surface area contributed by atoms with Crippen molar-refractivity contribution in [2.45, 2.75) is 19.5 Å². The number of hydrogen-bond acceptors (Lipinski definition) is 1. The van der Waals surface area contributed by atoms with E-state index in [1.807, 2.05) is 0 Å². The van der Waals surface area contributed by atoms with Gasteiger partial charge < -0.3 is 4.74 Å². The summed E-state index contributed by atoms with van der Waals surface area (Å²) < 4.78 is 76.3. The van der Waals surface area contributed by atoms with Crippen molar-refractivity contribution in [1.29, 1.82) is 0 Å². The van der Waals surface area contributed by atoms with Gasteiger partial charge in [-0.3, -0.25) is 0 Å². The maximum atomic E-state index is 12.4. The Kier molecular flexibility index (Phi) is 3.66. The zero-order valence-corrected chi connectivity index (χ0v) is 9.79.